The summed E-state index contributed by atoms with van der Waals surface area (Å²) in [6.07, 6.45) is 0. The maximum Gasteiger partial charge on any atom is 0.340 e. The predicted octanol–water partition coefficient (Wildman–Crippen LogP) is 4.04. The molecule has 0 spiro atoms. The van der Waals surface area contributed by atoms with Gasteiger partial charge in [-0.2, -0.15) is 0 Å². The quantitative estimate of drug-likeness (QED) is 0.0758. The van der Waals surface area contributed by atoms with Crippen molar-refractivity contribution < 1.29 is 38.1 Å². The molecule has 12 nitrogen and oxygen atoms in total. The number of nitrogen functional groups attached to an aromatic ring is 4. The van der Waals surface area contributed by atoms with Crippen molar-refractivity contribution in [1.29, 1.82) is 0 Å². The number of carbonyl (C=O) groups excluding carboxylic acids is 4. The number of anilines is 4. The van der Waals surface area contributed by atoms with Gasteiger partial charge in [0, 0.05) is 22.7 Å². The second-order valence-corrected chi connectivity index (χ2v) is 10.3. The fourth-order valence-electron chi connectivity index (χ4n) is 3.99. The van der Waals surface area contributed by atoms with Gasteiger partial charge in [-0.25, -0.2) is 14.4 Å². The first-order chi connectivity index (χ1) is 22.1. The van der Waals surface area contributed by atoms with E-state index in [4.69, 9.17) is 41.9 Å². The van der Waals surface area contributed by atoms with Crippen molar-refractivity contribution in [2.24, 2.45) is 5.41 Å². The van der Waals surface area contributed by atoms with Gasteiger partial charge in [0.2, 0.25) is 0 Å². The summed E-state index contributed by atoms with van der Waals surface area (Å²) in [5, 5.41) is 0. The monoisotopic (exact) mass is 628 g/mol. The van der Waals surface area contributed by atoms with Crippen molar-refractivity contribution in [3.63, 3.8) is 0 Å². The average molecular weight is 629 g/mol. The molecule has 0 radical (unpaired) electrons. The number of para-hydroxylation sites is 4. The van der Waals surface area contributed by atoms with Crippen molar-refractivity contribution in [2.75, 3.05) is 49.4 Å². The SMILES string of the molecule is Cc1ccccc1N.Nc1ccccc1C(=O)OCC(COC=O)(COC(=O)c1ccccc1N)COC(=O)c1ccccc1N. The normalized spacial score (nSPS) is 10.5. The molecular weight excluding hydrogens is 592 g/mol. The largest absolute Gasteiger partial charge is 0.467 e. The number of rotatable bonds is 12. The molecule has 8 N–H and O–H groups in total. The smallest absolute Gasteiger partial charge is 0.340 e. The van der Waals surface area contributed by atoms with Crippen molar-refractivity contribution in [2.45, 2.75) is 6.92 Å². The fourth-order valence-corrected chi connectivity index (χ4v) is 3.99. The molecule has 0 bridgehead atoms. The van der Waals surface area contributed by atoms with Gasteiger partial charge >= 0.3 is 17.9 Å². The molecule has 0 saturated carbocycles. The Balaban J connectivity index is 0.000000625. The topological polar surface area (TPSA) is 209 Å². The number of esters is 3. The van der Waals surface area contributed by atoms with Gasteiger partial charge in [0.05, 0.1) is 16.7 Å². The zero-order valence-corrected chi connectivity index (χ0v) is 25.2. The molecule has 240 valence electrons. The molecule has 12 heteroatoms. The summed E-state index contributed by atoms with van der Waals surface area (Å²) in [5.74, 6) is -2.34. The lowest BCUT2D eigenvalue weighted by atomic mass is 9.92. The summed E-state index contributed by atoms with van der Waals surface area (Å²) in [6, 6.07) is 26.6. The summed E-state index contributed by atoms with van der Waals surface area (Å²) < 4.78 is 21.3. The lowest BCUT2D eigenvalue weighted by Gasteiger charge is -2.31. The van der Waals surface area contributed by atoms with Gasteiger partial charge in [0.25, 0.3) is 6.47 Å². The minimum atomic E-state index is -1.49. The highest BCUT2D eigenvalue weighted by Crippen LogP contribution is 2.25. The third-order valence-corrected chi connectivity index (χ3v) is 6.72. The molecule has 0 aromatic heterocycles. The third kappa shape index (κ3) is 9.74. The Hall–Kier alpha value is -6.04. The fraction of sp³-hybridized carbons (Fsp3) is 0.176. The van der Waals surface area contributed by atoms with Gasteiger partial charge in [-0.05, 0) is 55.0 Å². The molecule has 46 heavy (non-hydrogen) atoms. The molecule has 0 heterocycles. The average Bonchev–Trinajstić information content (AvgIpc) is 3.06. The highest BCUT2D eigenvalue weighted by molar-refractivity contribution is 5.96. The first-order valence-electron chi connectivity index (χ1n) is 14.0. The van der Waals surface area contributed by atoms with Crippen molar-refractivity contribution in [3.8, 4) is 0 Å². The second-order valence-electron chi connectivity index (χ2n) is 10.3. The van der Waals surface area contributed by atoms with Gasteiger partial charge in [0.1, 0.15) is 31.8 Å². The molecule has 4 aromatic rings. The van der Waals surface area contributed by atoms with Gasteiger partial charge in [0.15, 0.2) is 0 Å². The molecule has 0 aliphatic heterocycles. The minimum Gasteiger partial charge on any atom is -0.467 e. The lowest BCUT2D eigenvalue weighted by molar-refractivity contribution is -0.136. The van der Waals surface area contributed by atoms with Gasteiger partial charge in [-0.3, -0.25) is 4.79 Å². The standard InChI is InChI=1S/C27H27N3O8.C7H9N/c28-21-10-4-1-7-18(21)24(32)36-14-27(13-35-17-31,15-37-25(33)19-8-2-5-11-22(19)29)16-38-26(34)20-9-3-6-12-23(20)30;1-6-4-2-3-5-7(6)8/h1-12,17H,13-16,28-30H2;2-5H,8H2,1H3. The van der Waals surface area contributed by atoms with E-state index in [0.717, 1.165) is 11.3 Å². The van der Waals surface area contributed by atoms with Crippen LogP contribution in [0.25, 0.3) is 0 Å². The number of benzene rings is 4. The van der Waals surface area contributed by atoms with E-state index >= 15 is 0 Å². The molecule has 0 saturated heterocycles. The van der Waals surface area contributed by atoms with Crippen LogP contribution in [0.15, 0.2) is 97.1 Å². The van der Waals surface area contributed by atoms with Crippen LogP contribution in [-0.2, 0) is 23.7 Å². The Kier molecular flexibility index (Phi) is 12.5. The van der Waals surface area contributed by atoms with Gasteiger partial charge < -0.3 is 41.9 Å². The molecule has 0 amide bonds. The number of carbonyl (C=O) groups is 4. The Labute approximate surface area is 266 Å². The van der Waals surface area contributed by atoms with E-state index in [1.54, 1.807) is 36.4 Å². The molecule has 4 rings (SSSR count). The van der Waals surface area contributed by atoms with Crippen LogP contribution < -0.4 is 22.9 Å². The highest BCUT2D eigenvalue weighted by Gasteiger charge is 2.38. The van der Waals surface area contributed by atoms with Crippen LogP contribution in [-0.4, -0.2) is 50.8 Å². The third-order valence-electron chi connectivity index (χ3n) is 6.72. The van der Waals surface area contributed by atoms with Crippen LogP contribution in [0, 0.1) is 12.3 Å². The second kappa shape index (κ2) is 16.7. The van der Waals surface area contributed by atoms with E-state index in [2.05, 4.69) is 0 Å². The van der Waals surface area contributed by atoms with E-state index in [1.165, 1.54) is 36.4 Å². The maximum absolute atomic E-state index is 12.7. The van der Waals surface area contributed by atoms with Crippen molar-refractivity contribution in [3.05, 3.63) is 119 Å². The summed E-state index contributed by atoms with van der Waals surface area (Å²) in [4.78, 5) is 49.3. The molecule has 0 atom stereocenters. The van der Waals surface area contributed by atoms with E-state index in [9.17, 15) is 19.2 Å². The van der Waals surface area contributed by atoms with Crippen molar-refractivity contribution >= 4 is 47.1 Å². The predicted molar refractivity (Wildman–Crippen MR) is 173 cm³/mol. The van der Waals surface area contributed by atoms with Crippen LogP contribution in [0.4, 0.5) is 22.7 Å². The van der Waals surface area contributed by atoms with Gasteiger partial charge in [-0.15, -0.1) is 0 Å². The van der Waals surface area contributed by atoms with E-state index in [-0.39, 0.29) is 40.2 Å². The lowest BCUT2D eigenvalue weighted by Crippen LogP contribution is -2.43. The Bertz CT molecular complexity index is 1490. The van der Waals surface area contributed by atoms with Crippen molar-refractivity contribution in [1.82, 2.24) is 0 Å². The zero-order valence-electron chi connectivity index (χ0n) is 25.2. The number of hydrogen-bond donors (Lipinski definition) is 4. The number of aryl methyl sites for hydroxylation is 1. The summed E-state index contributed by atoms with van der Waals surface area (Å²) in [6.45, 7) is 0.327. The Morgan fingerprint density at radius 2 is 0.870 bits per heavy atom. The molecule has 0 unspecified atom stereocenters. The molecule has 0 aliphatic rings. The van der Waals surface area contributed by atoms with Crippen LogP contribution in [0.1, 0.15) is 36.6 Å². The number of hydrogen-bond acceptors (Lipinski definition) is 12. The first-order valence-corrected chi connectivity index (χ1v) is 14.0. The maximum atomic E-state index is 12.7. The Morgan fingerprint density at radius 1 is 0.543 bits per heavy atom. The molecular formula is C34H36N4O8. The molecule has 0 fully saturated rings. The van der Waals surface area contributed by atoms with Crippen LogP contribution in [0.5, 0.6) is 0 Å². The number of nitrogens with two attached hydrogens (primary N) is 4. The van der Waals surface area contributed by atoms with Gasteiger partial charge in [-0.1, -0.05) is 54.6 Å². The van der Waals surface area contributed by atoms with E-state index < -0.39 is 49.8 Å². The highest BCUT2D eigenvalue weighted by atomic mass is 16.6. The van der Waals surface area contributed by atoms with Crippen LogP contribution in [0.3, 0.4) is 0 Å². The Morgan fingerprint density at radius 3 is 1.15 bits per heavy atom. The van der Waals surface area contributed by atoms with E-state index in [0.29, 0.717) is 0 Å². The zero-order chi connectivity index (χ0) is 33.5. The van der Waals surface area contributed by atoms with E-state index in [1.807, 2.05) is 31.2 Å². The summed E-state index contributed by atoms with van der Waals surface area (Å²) in [7, 11) is 0. The summed E-state index contributed by atoms with van der Waals surface area (Å²) >= 11 is 0. The number of ether oxygens (including phenoxy) is 4. The summed E-state index contributed by atoms with van der Waals surface area (Å²) in [5.41, 5.74) is 24.5. The molecule has 4 aromatic carbocycles. The van der Waals surface area contributed by atoms with Crippen LogP contribution in [0.2, 0.25) is 0 Å². The van der Waals surface area contributed by atoms with Crippen LogP contribution >= 0.6 is 0 Å². The minimum absolute atomic E-state index is 0.0980. The molecule has 0 aliphatic carbocycles. The first kappa shape index (κ1) is 34.5.